The maximum Gasteiger partial charge on any atom is 0.173 e. The Kier molecular flexibility index (Phi) is 3.85. The van der Waals surface area contributed by atoms with Crippen LogP contribution in [-0.4, -0.2) is 20.8 Å². The quantitative estimate of drug-likeness (QED) is 0.807. The highest BCUT2D eigenvalue weighted by molar-refractivity contribution is 7.14. The van der Waals surface area contributed by atoms with Gasteiger partial charge in [0.15, 0.2) is 5.78 Å². The van der Waals surface area contributed by atoms with Gasteiger partial charge in [0.2, 0.25) is 0 Å². The Morgan fingerprint density at radius 2 is 2.11 bits per heavy atom. The second-order valence-electron chi connectivity index (χ2n) is 5.66. The zero-order chi connectivity index (χ0) is 14.0. The first kappa shape index (κ1) is 13.9. The summed E-state index contributed by atoms with van der Waals surface area (Å²) in [5.41, 5.74) is 0.970. The smallest absolute Gasteiger partial charge is 0.173 e. The van der Waals surface area contributed by atoms with Crippen molar-refractivity contribution in [1.29, 1.82) is 0 Å². The van der Waals surface area contributed by atoms with Gasteiger partial charge >= 0.3 is 0 Å². The average Bonchev–Trinajstić information content (AvgIpc) is 2.93. The molecule has 0 saturated heterocycles. The maximum atomic E-state index is 12.1. The van der Waals surface area contributed by atoms with E-state index in [1.807, 2.05) is 6.07 Å². The van der Waals surface area contributed by atoms with E-state index in [-0.39, 0.29) is 11.2 Å². The molecule has 0 aliphatic heterocycles. The van der Waals surface area contributed by atoms with Crippen LogP contribution in [-0.2, 0) is 18.9 Å². The van der Waals surface area contributed by atoms with Crippen LogP contribution in [0.3, 0.4) is 0 Å². The van der Waals surface area contributed by atoms with E-state index in [9.17, 15) is 4.79 Å². The van der Waals surface area contributed by atoms with Crippen LogP contribution in [0, 0.1) is 0 Å². The Balaban J connectivity index is 1.98. The van der Waals surface area contributed by atoms with E-state index in [2.05, 4.69) is 37.0 Å². The molecule has 2 heterocycles. The lowest BCUT2D eigenvalue weighted by Gasteiger charge is -2.15. The summed E-state index contributed by atoms with van der Waals surface area (Å²) >= 11 is 1.60. The van der Waals surface area contributed by atoms with E-state index in [1.54, 1.807) is 24.6 Å². The van der Waals surface area contributed by atoms with Crippen molar-refractivity contribution in [3.8, 4) is 0 Å². The molecule has 0 spiro atoms. The van der Waals surface area contributed by atoms with Gasteiger partial charge in [0, 0.05) is 24.8 Å². The molecular weight excluding hydrogens is 258 g/mol. The topological polar surface area (TPSA) is 47.8 Å². The zero-order valence-corrected chi connectivity index (χ0v) is 12.6. The first-order valence-corrected chi connectivity index (χ1v) is 7.16. The minimum atomic E-state index is 0.105. The number of hydrogen-bond donors (Lipinski definition) is 0. The molecule has 0 atom stereocenters. The summed E-state index contributed by atoms with van der Waals surface area (Å²) in [6.07, 6.45) is 2.85. The molecule has 0 fully saturated rings. The number of carbonyl (C=O) groups is 1. The van der Waals surface area contributed by atoms with E-state index in [1.165, 1.54) is 9.67 Å². The lowest BCUT2D eigenvalue weighted by molar-refractivity contribution is 0.0986. The second kappa shape index (κ2) is 5.25. The van der Waals surface area contributed by atoms with E-state index in [4.69, 9.17) is 0 Å². The highest BCUT2D eigenvalue weighted by Crippen LogP contribution is 2.30. The van der Waals surface area contributed by atoms with Crippen LogP contribution >= 0.6 is 11.3 Å². The van der Waals surface area contributed by atoms with E-state index >= 15 is 0 Å². The summed E-state index contributed by atoms with van der Waals surface area (Å²) in [5, 5.41) is 8.18. The molecule has 0 unspecified atom stereocenters. The third-order valence-electron chi connectivity index (χ3n) is 2.88. The summed E-state index contributed by atoms with van der Waals surface area (Å²) < 4.78 is 0. The normalized spacial score (nSPS) is 11.8. The Morgan fingerprint density at radius 1 is 1.37 bits per heavy atom. The first-order chi connectivity index (χ1) is 8.86. The van der Waals surface area contributed by atoms with Gasteiger partial charge in [0.25, 0.3) is 0 Å². The van der Waals surface area contributed by atoms with Crippen molar-refractivity contribution in [2.24, 2.45) is 7.05 Å². The van der Waals surface area contributed by atoms with Crippen LogP contribution in [0.15, 0.2) is 18.3 Å². The molecule has 4 nitrogen and oxygen atoms in total. The molecule has 2 rings (SSSR count). The highest BCUT2D eigenvalue weighted by atomic mass is 32.1. The van der Waals surface area contributed by atoms with Crippen LogP contribution in [0.4, 0.5) is 0 Å². The fraction of sp³-hybridized carbons (Fsp3) is 0.500. The largest absolute Gasteiger partial charge is 0.293 e. The molecule has 0 amide bonds. The number of aromatic nitrogens is 3. The molecule has 5 heteroatoms. The highest BCUT2D eigenvalue weighted by Gasteiger charge is 2.18. The molecule has 2 aromatic rings. The summed E-state index contributed by atoms with van der Waals surface area (Å²) in [7, 11) is 1.78. The van der Waals surface area contributed by atoms with Crippen molar-refractivity contribution in [3.63, 3.8) is 0 Å². The number of aryl methyl sites for hydroxylation is 2. The van der Waals surface area contributed by atoms with Gasteiger partial charge in [-0.25, -0.2) is 0 Å². The van der Waals surface area contributed by atoms with Gasteiger partial charge in [-0.2, -0.15) is 15.0 Å². The van der Waals surface area contributed by atoms with Crippen LogP contribution in [0.25, 0.3) is 0 Å². The van der Waals surface area contributed by atoms with E-state index < -0.39 is 0 Å². The van der Waals surface area contributed by atoms with E-state index in [0.29, 0.717) is 12.8 Å². The fourth-order valence-electron chi connectivity index (χ4n) is 1.76. The third-order valence-corrected chi connectivity index (χ3v) is 4.43. The van der Waals surface area contributed by atoms with Gasteiger partial charge in [-0.05, 0) is 17.5 Å². The van der Waals surface area contributed by atoms with Crippen molar-refractivity contribution < 1.29 is 4.79 Å². The molecule has 0 N–H and O–H groups in total. The zero-order valence-electron chi connectivity index (χ0n) is 11.8. The van der Waals surface area contributed by atoms with Crippen molar-refractivity contribution in [2.75, 3.05) is 0 Å². The lowest BCUT2D eigenvalue weighted by Crippen LogP contribution is -2.08. The number of Topliss-reactive ketones (excluding diaryl/α,β-unsaturated/α-hetero) is 1. The third kappa shape index (κ3) is 3.50. The monoisotopic (exact) mass is 277 g/mol. The molecule has 0 bridgehead atoms. The number of hydrogen-bond acceptors (Lipinski definition) is 4. The Hall–Kier alpha value is -1.49. The Labute approximate surface area is 117 Å². The SMILES string of the molecule is Cn1ncc(CCC(=O)c2ccc(C(C)(C)C)s2)n1. The molecule has 19 heavy (non-hydrogen) atoms. The van der Waals surface area contributed by atoms with Crippen molar-refractivity contribution in [2.45, 2.75) is 39.0 Å². The van der Waals surface area contributed by atoms with Crippen LogP contribution < -0.4 is 0 Å². The van der Waals surface area contributed by atoms with Gasteiger partial charge in [0.1, 0.15) is 0 Å². The first-order valence-electron chi connectivity index (χ1n) is 6.35. The number of thiophene rings is 1. The van der Waals surface area contributed by atoms with Gasteiger partial charge in [0.05, 0.1) is 16.8 Å². The molecule has 0 radical (unpaired) electrons. The molecule has 0 saturated carbocycles. The van der Waals surface area contributed by atoms with E-state index in [0.717, 1.165) is 10.6 Å². The number of ketones is 1. The Bertz CT molecular complexity index is 578. The predicted molar refractivity (Wildman–Crippen MR) is 76.7 cm³/mol. The van der Waals surface area contributed by atoms with Crippen LogP contribution in [0.5, 0.6) is 0 Å². The van der Waals surface area contributed by atoms with Crippen molar-refractivity contribution in [3.05, 3.63) is 33.8 Å². The summed E-state index contributed by atoms with van der Waals surface area (Å²) in [5.74, 6) is 0.186. The molecule has 0 aliphatic carbocycles. The van der Waals surface area contributed by atoms with Gasteiger partial charge in [-0.3, -0.25) is 4.79 Å². The molecule has 0 aliphatic rings. The Morgan fingerprint density at radius 3 is 2.63 bits per heavy atom. The summed E-state index contributed by atoms with van der Waals surface area (Å²) in [6, 6.07) is 3.99. The lowest BCUT2D eigenvalue weighted by atomic mass is 9.95. The average molecular weight is 277 g/mol. The van der Waals surface area contributed by atoms with Crippen LogP contribution in [0.2, 0.25) is 0 Å². The summed E-state index contributed by atoms with van der Waals surface area (Å²) in [4.78, 5) is 15.7. The molecule has 0 aromatic carbocycles. The minimum absolute atomic E-state index is 0.105. The molecule has 102 valence electrons. The number of nitrogens with zero attached hydrogens (tertiary/aromatic N) is 3. The minimum Gasteiger partial charge on any atom is -0.293 e. The number of carbonyl (C=O) groups excluding carboxylic acids is 1. The number of rotatable bonds is 4. The van der Waals surface area contributed by atoms with Gasteiger partial charge in [-0.15, -0.1) is 11.3 Å². The fourth-order valence-corrected chi connectivity index (χ4v) is 2.79. The van der Waals surface area contributed by atoms with Crippen molar-refractivity contribution in [1.82, 2.24) is 15.0 Å². The van der Waals surface area contributed by atoms with Crippen molar-refractivity contribution >= 4 is 17.1 Å². The molecule has 2 aromatic heterocycles. The standard InChI is InChI=1S/C14H19N3OS/c1-14(2,3)13-8-7-12(19-13)11(18)6-5-10-9-15-17(4)16-10/h7-9H,5-6H2,1-4H3. The predicted octanol–water partition coefficient (Wildman–Crippen LogP) is 2.99. The second-order valence-corrected chi connectivity index (χ2v) is 6.75. The maximum absolute atomic E-state index is 12.1. The van der Waals surface area contributed by atoms with Gasteiger partial charge < -0.3 is 0 Å². The summed E-state index contributed by atoms with van der Waals surface area (Å²) in [6.45, 7) is 6.48. The molecular formula is C14H19N3OS. The van der Waals surface area contributed by atoms with Gasteiger partial charge in [-0.1, -0.05) is 20.8 Å². The van der Waals surface area contributed by atoms with Crippen LogP contribution in [0.1, 0.15) is 47.4 Å².